The summed E-state index contributed by atoms with van der Waals surface area (Å²) in [6, 6.07) is 8.53. The summed E-state index contributed by atoms with van der Waals surface area (Å²) in [4.78, 5) is 12.2. The fourth-order valence-corrected chi connectivity index (χ4v) is 2.19. The van der Waals surface area contributed by atoms with Crippen LogP contribution in [0.3, 0.4) is 0 Å². The first kappa shape index (κ1) is 17.3. The van der Waals surface area contributed by atoms with Gasteiger partial charge < -0.3 is 14.8 Å². The number of nitrogens with one attached hydrogen (secondary N) is 1. The highest BCUT2D eigenvalue weighted by atomic mass is 35.5. The molecule has 0 aliphatic carbocycles. The van der Waals surface area contributed by atoms with Gasteiger partial charge in [0.1, 0.15) is 0 Å². The molecule has 1 N–H and O–H groups in total. The van der Waals surface area contributed by atoms with Crippen molar-refractivity contribution < 1.29 is 23.0 Å². The SMILES string of the molecule is COc1ccc(NC(=O)c2cc(Cl)ccc2Cl)cc1OC(F)F. The molecule has 0 radical (unpaired) electrons. The summed E-state index contributed by atoms with van der Waals surface area (Å²) >= 11 is 11.8. The number of carbonyl (C=O) groups is 1. The van der Waals surface area contributed by atoms with Crippen LogP contribution in [0.5, 0.6) is 11.5 Å². The molecular weight excluding hydrogens is 351 g/mol. The first-order valence-electron chi connectivity index (χ1n) is 6.30. The molecule has 0 bridgehead atoms. The molecule has 0 aromatic heterocycles. The number of anilines is 1. The summed E-state index contributed by atoms with van der Waals surface area (Å²) in [6.45, 7) is -3.02. The van der Waals surface area contributed by atoms with E-state index in [2.05, 4.69) is 10.1 Å². The van der Waals surface area contributed by atoms with Crippen molar-refractivity contribution in [3.05, 3.63) is 52.0 Å². The molecule has 0 saturated carbocycles. The Labute approximate surface area is 140 Å². The molecule has 8 heteroatoms. The smallest absolute Gasteiger partial charge is 0.387 e. The lowest BCUT2D eigenvalue weighted by Gasteiger charge is -2.12. The molecule has 0 heterocycles. The van der Waals surface area contributed by atoms with E-state index in [0.29, 0.717) is 5.02 Å². The molecule has 0 saturated heterocycles. The number of carbonyl (C=O) groups excluding carboxylic acids is 1. The Morgan fingerprint density at radius 2 is 1.87 bits per heavy atom. The lowest BCUT2D eigenvalue weighted by Crippen LogP contribution is -2.13. The van der Waals surface area contributed by atoms with E-state index < -0.39 is 12.5 Å². The van der Waals surface area contributed by atoms with Gasteiger partial charge in [-0.25, -0.2) is 0 Å². The van der Waals surface area contributed by atoms with E-state index in [9.17, 15) is 13.6 Å². The van der Waals surface area contributed by atoms with E-state index in [4.69, 9.17) is 27.9 Å². The molecule has 1 amide bonds. The third-order valence-electron chi connectivity index (χ3n) is 2.81. The predicted octanol–water partition coefficient (Wildman–Crippen LogP) is 4.86. The third kappa shape index (κ3) is 4.46. The van der Waals surface area contributed by atoms with Gasteiger partial charge in [0.15, 0.2) is 11.5 Å². The predicted molar refractivity (Wildman–Crippen MR) is 84.0 cm³/mol. The lowest BCUT2D eigenvalue weighted by molar-refractivity contribution is -0.0511. The van der Waals surface area contributed by atoms with Gasteiger partial charge in [0, 0.05) is 16.8 Å². The van der Waals surface area contributed by atoms with E-state index in [-0.39, 0.29) is 27.8 Å². The van der Waals surface area contributed by atoms with Crippen LogP contribution >= 0.6 is 23.2 Å². The summed E-state index contributed by atoms with van der Waals surface area (Å²) in [5.41, 5.74) is 0.397. The van der Waals surface area contributed by atoms with Gasteiger partial charge in [-0.15, -0.1) is 0 Å². The minimum Gasteiger partial charge on any atom is -0.493 e. The number of halogens is 4. The second-order valence-corrected chi connectivity index (χ2v) is 5.17. The monoisotopic (exact) mass is 361 g/mol. The van der Waals surface area contributed by atoms with Crippen molar-refractivity contribution in [3.8, 4) is 11.5 Å². The normalized spacial score (nSPS) is 10.5. The van der Waals surface area contributed by atoms with Crippen LogP contribution in [-0.4, -0.2) is 19.6 Å². The molecule has 2 rings (SSSR count). The maximum absolute atomic E-state index is 12.4. The molecule has 0 aliphatic rings. The zero-order valence-corrected chi connectivity index (χ0v) is 13.3. The Balaban J connectivity index is 2.25. The molecule has 0 aliphatic heterocycles. The highest BCUT2D eigenvalue weighted by Gasteiger charge is 2.15. The Morgan fingerprint density at radius 1 is 1.13 bits per heavy atom. The summed E-state index contributed by atoms with van der Waals surface area (Å²) in [5, 5.41) is 3.08. The molecule has 0 unspecified atom stereocenters. The van der Waals surface area contributed by atoms with Crippen LogP contribution < -0.4 is 14.8 Å². The van der Waals surface area contributed by atoms with Gasteiger partial charge in [0.25, 0.3) is 5.91 Å². The molecule has 0 atom stereocenters. The van der Waals surface area contributed by atoms with Gasteiger partial charge in [-0.05, 0) is 30.3 Å². The largest absolute Gasteiger partial charge is 0.493 e. The zero-order chi connectivity index (χ0) is 17.0. The molecule has 4 nitrogen and oxygen atoms in total. The van der Waals surface area contributed by atoms with Crippen molar-refractivity contribution in [3.63, 3.8) is 0 Å². The quantitative estimate of drug-likeness (QED) is 0.827. The Kier molecular flexibility index (Phi) is 5.63. The molecule has 2 aromatic rings. The maximum atomic E-state index is 12.4. The molecule has 122 valence electrons. The van der Waals surface area contributed by atoms with Crippen molar-refractivity contribution in [1.82, 2.24) is 0 Å². The summed E-state index contributed by atoms with van der Waals surface area (Å²) in [7, 11) is 1.32. The zero-order valence-electron chi connectivity index (χ0n) is 11.8. The van der Waals surface area contributed by atoms with Crippen molar-refractivity contribution in [2.24, 2.45) is 0 Å². The molecule has 2 aromatic carbocycles. The number of amides is 1. The summed E-state index contributed by atoms with van der Waals surface area (Å²) in [5.74, 6) is -0.618. The van der Waals surface area contributed by atoms with E-state index in [1.807, 2.05) is 0 Å². The van der Waals surface area contributed by atoms with Crippen LogP contribution in [0, 0.1) is 0 Å². The number of alkyl halides is 2. The van der Waals surface area contributed by atoms with Gasteiger partial charge in [-0.3, -0.25) is 4.79 Å². The number of hydrogen-bond donors (Lipinski definition) is 1. The van der Waals surface area contributed by atoms with Crippen LogP contribution in [0.4, 0.5) is 14.5 Å². The second kappa shape index (κ2) is 7.48. The van der Waals surface area contributed by atoms with Crippen molar-refractivity contribution in [1.29, 1.82) is 0 Å². The number of hydrogen-bond acceptors (Lipinski definition) is 3. The Hall–Kier alpha value is -2.05. The van der Waals surface area contributed by atoms with Crippen LogP contribution in [0.25, 0.3) is 0 Å². The second-order valence-electron chi connectivity index (χ2n) is 4.32. The number of methoxy groups -OCH3 is 1. The van der Waals surface area contributed by atoms with E-state index in [1.165, 1.54) is 37.4 Å². The van der Waals surface area contributed by atoms with E-state index >= 15 is 0 Å². The average molecular weight is 362 g/mol. The summed E-state index contributed by atoms with van der Waals surface area (Å²) < 4.78 is 34.1. The van der Waals surface area contributed by atoms with E-state index in [1.54, 1.807) is 6.07 Å². The van der Waals surface area contributed by atoms with Gasteiger partial charge in [0.2, 0.25) is 0 Å². The van der Waals surface area contributed by atoms with Crippen LogP contribution in [-0.2, 0) is 0 Å². The van der Waals surface area contributed by atoms with Crippen LogP contribution in [0.2, 0.25) is 10.0 Å². The number of benzene rings is 2. The number of rotatable bonds is 5. The topological polar surface area (TPSA) is 47.6 Å². The minimum absolute atomic E-state index is 0.115. The van der Waals surface area contributed by atoms with Gasteiger partial charge in [0.05, 0.1) is 17.7 Å². The first-order valence-corrected chi connectivity index (χ1v) is 7.05. The van der Waals surface area contributed by atoms with Gasteiger partial charge in [-0.2, -0.15) is 8.78 Å². The number of ether oxygens (including phenoxy) is 2. The van der Waals surface area contributed by atoms with Crippen molar-refractivity contribution in [2.45, 2.75) is 6.61 Å². The fourth-order valence-electron chi connectivity index (χ4n) is 1.81. The van der Waals surface area contributed by atoms with Crippen molar-refractivity contribution >= 4 is 34.8 Å². The molecule has 0 fully saturated rings. The van der Waals surface area contributed by atoms with Crippen LogP contribution in [0.15, 0.2) is 36.4 Å². The molecule has 23 heavy (non-hydrogen) atoms. The van der Waals surface area contributed by atoms with E-state index in [0.717, 1.165) is 0 Å². The standard InChI is InChI=1S/C15H11Cl2F2NO3/c1-22-12-5-3-9(7-13(12)23-15(18)19)20-14(21)10-6-8(16)2-4-11(10)17/h2-7,15H,1H3,(H,20,21). The maximum Gasteiger partial charge on any atom is 0.387 e. The fraction of sp³-hybridized carbons (Fsp3) is 0.133. The summed E-state index contributed by atoms with van der Waals surface area (Å²) in [6.07, 6.45) is 0. The molecule has 0 spiro atoms. The minimum atomic E-state index is -3.02. The highest BCUT2D eigenvalue weighted by molar-refractivity contribution is 6.36. The van der Waals surface area contributed by atoms with Crippen LogP contribution in [0.1, 0.15) is 10.4 Å². The van der Waals surface area contributed by atoms with Crippen molar-refractivity contribution in [2.75, 3.05) is 12.4 Å². The lowest BCUT2D eigenvalue weighted by atomic mass is 10.2. The average Bonchev–Trinajstić information content (AvgIpc) is 2.49. The molecular formula is C15H11Cl2F2NO3. The Morgan fingerprint density at radius 3 is 2.52 bits per heavy atom. The van der Waals surface area contributed by atoms with Gasteiger partial charge in [-0.1, -0.05) is 23.2 Å². The Bertz CT molecular complexity index is 726. The highest BCUT2D eigenvalue weighted by Crippen LogP contribution is 2.32. The first-order chi connectivity index (χ1) is 10.9. The third-order valence-corrected chi connectivity index (χ3v) is 3.38. The van der Waals surface area contributed by atoms with Gasteiger partial charge >= 0.3 is 6.61 Å².